The lowest BCUT2D eigenvalue weighted by Crippen LogP contribution is -2.34. The van der Waals surface area contributed by atoms with Crippen LogP contribution in [0, 0.1) is 6.92 Å². The van der Waals surface area contributed by atoms with E-state index in [-0.39, 0.29) is 5.91 Å². The van der Waals surface area contributed by atoms with Gasteiger partial charge in [-0.05, 0) is 62.1 Å². The van der Waals surface area contributed by atoms with Crippen molar-refractivity contribution in [1.82, 2.24) is 24.9 Å². The van der Waals surface area contributed by atoms with Gasteiger partial charge < -0.3 is 15.0 Å². The van der Waals surface area contributed by atoms with Crippen molar-refractivity contribution in [2.75, 3.05) is 13.1 Å². The van der Waals surface area contributed by atoms with Crippen LogP contribution in [0.1, 0.15) is 36.2 Å². The molecular formula is C21H24BrN5O2. The fraction of sp³-hybridized carbons (Fsp3) is 0.381. The van der Waals surface area contributed by atoms with E-state index >= 15 is 0 Å². The summed E-state index contributed by atoms with van der Waals surface area (Å²) in [6, 6.07) is 9.74. The van der Waals surface area contributed by atoms with Crippen LogP contribution >= 0.6 is 15.9 Å². The van der Waals surface area contributed by atoms with Gasteiger partial charge in [0.25, 0.3) is 0 Å². The van der Waals surface area contributed by atoms with E-state index in [1.165, 1.54) is 0 Å². The molecule has 1 fully saturated rings. The highest BCUT2D eigenvalue weighted by atomic mass is 79.9. The van der Waals surface area contributed by atoms with Gasteiger partial charge in [-0.1, -0.05) is 21.1 Å². The lowest BCUT2D eigenvalue weighted by molar-refractivity contribution is -0.130. The SMILES string of the molecule is Cc1cc(Br)ccc1-n1cc(C2(O)CCCN(C(=O)Cc3ccc[nH]3)CC2)nn1. The van der Waals surface area contributed by atoms with Crippen molar-refractivity contribution < 1.29 is 9.90 Å². The first-order valence-electron chi connectivity index (χ1n) is 9.76. The zero-order chi connectivity index (χ0) is 20.4. The number of amides is 1. The van der Waals surface area contributed by atoms with Crippen LogP contribution in [0.3, 0.4) is 0 Å². The topological polar surface area (TPSA) is 87.0 Å². The average molecular weight is 458 g/mol. The molecular weight excluding hydrogens is 434 g/mol. The van der Waals surface area contributed by atoms with E-state index in [1.54, 1.807) is 10.9 Å². The Bertz CT molecular complexity index is 1000. The van der Waals surface area contributed by atoms with E-state index < -0.39 is 5.60 Å². The third kappa shape index (κ3) is 4.28. The van der Waals surface area contributed by atoms with Crippen LogP contribution in [0.25, 0.3) is 5.69 Å². The van der Waals surface area contributed by atoms with Gasteiger partial charge in [0.2, 0.25) is 5.91 Å². The van der Waals surface area contributed by atoms with E-state index in [2.05, 4.69) is 31.2 Å². The molecule has 7 nitrogen and oxygen atoms in total. The molecule has 4 rings (SSSR count). The Labute approximate surface area is 177 Å². The number of aromatic nitrogens is 4. The molecule has 1 saturated heterocycles. The summed E-state index contributed by atoms with van der Waals surface area (Å²) in [5, 5.41) is 19.8. The molecule has 1 aliphatic rings. The Kier molecular flexibility index (Phi) is 5.56. The number of nitrogens with one attached hydrogen (secondary N) is 1. The summed E-state index contributed by atoms with van der Waals surface area (Å²) in [5.74, 6) is 0.0749. The highest BCUT2D eigenvalue weighted by Gasteiger charge is 2.35. The van der Waals surface area contributed by atoms with E-state index in [0.29, 0.717) is 38.0 Å². The lowest BCUT2D eigenvalue weighted by atomic mass is 9.92. The van der Waals surface area contributed by atoms with Crippen LogP contribution in [0.4, 0.5) is 0 Å². The minimum atomic E-state index is -1.08. The molecule has 0 saturated carbocycles. The van der Waals surface area contributed by atoms with Crippen molar-refractivity contribution in [3.8, 4) is 5.69 Å². The van der Waals surface area contributed by atoms with Gasteiger partial charge in [-0.25, -0.2) is 4.68 Å². The van der Waals surface area contributed by atoms with Gasteiger partial charge in [0.15, 0.2) is 0 Å². The number of rotatable bonds is 4. The van der Waals surface area contributed by atoms with Crippen molar-refractivity contribution >= 4 is 21.8 Å². The van der Waals surface area contributed by atoms with Gasteiger partial charge in [0.1, 0.15) is 11.3 Å². The number of nitrogens with zero attached hydrogens (tertiary/aromatic N) is 4. The number of aliphatic hydroxyl groups is 1. The Morgan fingerprint density at radius 1 is 1.31 bits per heavy atom. The van der Waals surface area contributed by atoms with E-state index in [0.717, 1.165) is 27.8 Å². The van der Waals surface area contributed by atoms with Gasteiger partial charge in [-0.15, -0.1) is 5.10 Å². The Balaban J connectivity index is 1.47. The number of carbonyl (C=O) groups excluding carboxylic acids is 1. The summed E-state index contributed by atoms with van der Waals surface area (Å²) in [6.07, 6.45) is 5.69. The number of aryl methyl sites for hydroxylation is 1. The van der Waals surface area contributed by atoms with Crippen LogP contribution in [0.2, 0.25) is 0 Å². The molecule has 3 heterocycles. The molecule has 3 aromatic rings. The van der Waals surface area contributed by atoms with E-state index in [9.17, 15) is 9.90 Å². The summed E-state index contributed by atoms with van der Waals surface area (Å²) in [5.41, 5.74) is 2.36. The molecule has 2 aromatic heterocycles. The summed E-state index contributed by atoms with van der Waals surface area (Å²) in [7, 11) is 0. The maximum absolute atomic E-state index is 12.6. The smallest absolute Gasteiger partial charge is 0.228 e. The second-order valence-electron chi connectivity index (χ2n) is 7.62. The highest BCUT2D eigenvalue weighted by Crippen LogP contribution is 2.32. The maximum Gasteiger partial charge on any atom is 0.228 e. The second-order valence-corrected chi connectivity index (χ2v) is 8.53. The number of benzene rings is 1. The van der Waals surface area contributed by atoms with Crippen molar-refractivity contribution in [2.45, 2.75) is 38.2 Å². The zero-order valence-electron chi connectivity index (χ0n) is 16.3. The summed E-state index contributed by atoms with van der Waals surface area (Å²) in [4.78, 5) is 17.5. The van der Waals surface area contributed by atoms with Crippen molar-refractivity contribution in [3.63, 3.8) is 0 Å². The van der Waals surface area contributed by atoms with Crippen molar-refractivity contribution in [1.29, 1.82) is 0 Å². The normalized spacial score (nSPS) is 19.9. The molecule has 2 N–H and O–H groups in total. The standard InChI is InChI=1S/C21H24BrN5O2/c1-15-12-16(22)5-6-18(15)27-14-19(24-25-27)21(29)7-3-10-26(11-8-21)20(28)13-17-4-2-9-23-17/h2,4-6,9,12,14,23,29H,3,7-8,10-11,13H2,1H3. The molecule has 29 heavy (non-hydrogen) atoms. The molecule has 1 aromatic carbocycles. The molecule has 0 spiro atoms. The summed E-state index contributed by atoms with van der Waals surface area (Å²) >= 11 is 3.47. The van der Waals surface area contributed by atoms with Gasteiger partial charge in [-0.3, -0.25) is 4.79 Å². The molecule has 1 unspecified atom stereocenters. The number of halogens is 1. The third-order valence-corrected chi connectivity index (χ3v) is 6.04. The molecule has 0 radical (unpaired) electrons. The minimum Gasteiger partial charge on any atom is -0.383 e. The predicted octanol–water partition coefficient (Wildman–Crippen LogP) is 3.11. The van der Waals surface area contributed by atoms with Crippen molar-refractivity contribution in [2.24, 2.45) is 0 Å². The Hall–Kier alpha value is -2.45. The largest absolute Gasteiger partial charge is 0.383 e. The molecule has 0 bridgehead atoms. The molecule has 1 aliphatic heterocycles. The maximum atomic E-state index is 12.6. The van der Waals surface area contributed by atoms with Gasteiger partial charge in [0.05, 0.1) is 18.3 Å². The number of likely N-dealkylation sites (tertiary alicyclic amines) is 1. The quantitative estimate of drug-likeness (QED) is 0.629. The number of H-pyrrole nitrogens is 1. The second kappa shape index (κ2) is 8.12. The molecule has 0 aliphatic carbocycles. The predicted molar refractivity (Wildman–Crippen MR) is 113 cm³/mol. The van der Waals surface area contributed by atoms with Gasteiger partial charge in [0, 0.05) is 29.5 Å². The molecule has 152 valence electrons. The summed E-state index contributed by atoms with van der Waals surface area (Å²) in [6.45, 7) is 3.15. The fourth-order valence-corrected chi connectivity index (χ4v) is 4.32. The Morgan fingerprint density at radius 2 is 2.17 bits per heavy atom. The monoisotopic (exact) mass is 457 g/mol. The number of hydrogen-bond acceptors (Lipinski definition) is 4. The van der Waals surface area contributed by atoms with Crippen LogP contribution in [-0.4, -0.2) is 49.0 Å². The molecule has 8 heteroatoms. The van der Waals surface area contributed by atoms with Crippen LogP contribution in [0.5, 0.6) is 0 Å². The zero-order valence-corrected chi connectivity index (χ0v) is 17.9. The molecule has 1 atom stereocenters. The minimum absolute atomic E-state index is 0.0749. The first kappa shape index (κ1) is 19.8. The number of aromatic amines is 1. The average Bonchev–Trinajstić information content (AvgIpc) is 3.33. The van der Waals surface area contributed by atoms with E-state index in [1.807, 2.05) is 48.4 Å². The fourth-order valence-electron chi connectivity index (χ4n) is 3.85. The van der Waals surface area contributed by atoms with Crippen LogP contribution < -0.4 is 0 Å². The van der Waals surface area contributed by atoms with E-state index in [4.69, 9.17) is 0 Å². The number of carbonyl (C=O) groups is 1. The highest BCUT2D eigenvalue weighted by molar-refractivity contribution is 9.10. The van der Waals surface area contributed by atoms with Crippen LogP contribution in [0.15, 0.2) is 47.2 Å². The first-order valence-corrected chi connectivity index (χ1v) is 10.6. The van der Waals surface area contributed by atoms with Crippen molar-refractivity contribution in [3.05, 3.63) is 64.1 Å². The Morgan fingerprint density at radius 3 is 2.93 bits per heavy atom. The third-order valence-electron chi connectivity index (χ3n) is 5.55. The van der Waals surface area contributed by atoms with Crippen LogP contribution in [-0.2, 0) is 16.8 Å². The van der Waals surface area contributed by atoms with Gasteiger partial charge in [-0.2, -0.15) is 0 Å². The number of hydrogen-bond donors (Lipinski definition) is 2. The summed E-state index contributed by atoms with van der Waals surface area (Å²) < 4.78 is 2.71. The van der Waals surface area contributed by atoms with Gasteiger partial charge >= 0.3 is 0 Å². The lowest BCUT2D eigenvalue weighted by Gasteiger charge is -2.24. The first-order chi connectivity index (χ1) is 13.9. The molecule has 1 amide bonds.